The van der Waals surface area contributed by atoms with Crippen molar-refractivity contribution in [3.05, 3.63) is 0 Å². The molecule has 0 spiro atoms. The fraction of sp³-hybridized carbons (Fsp3) is 1.00. The number of nitrogens with zero attached hydrogens (tertiary/aromatic N) is 1. The van der Waals surface area contributed by atoms with Gasteiger partial charge in [0.05, 0.1) is 0 Å². The van der Waals surface area contributed by atoms with E-state index in [-0.39, 0.29) is 0 Å². The standard InChI is InChI=1S/C11H26N2/c1-10(6-8-12-3)11(2)7-9-13(4)5/h10-12H,6-9H2,1-5H3. The highest BCUT2D eigenvalue weighted by Gasteiger charge is 2.11. The molecular formula is C11H26N2. The van der Waals surface area contributed by atoms with Crippen molar-refractivity contribution in [2.45, 2.75) is 26.7 Å². The van der Waals surface area contributed by atoms with Crippen molar-refractivity contribution in [3.63, 3.8) is 0 Å². The van der Waals surface area contributed by atoms with E-state index in [1.165, 1.54) is 19.4 Å². The first-order valence-electron chi connectivity index (χ1n) is 5.37. The molecule has 0 rings (SSSR count). The van der Waals surface area contributed by atoms with Crippen LogP contribution in [0.3, 0.4) is 0 Å². The molecule has 0 aliphatic carbocycles. The topological polar surface area (TPSA) is 15.3 Å². The summed E-state index contributed by atoms with van der Waals surface area (Å²) >= 11 is 0. The Kier molecular flexibility index (Phi) is 7.29. The Balaban J connectivity index is 3.50. The molecule has 2 heteroatoms. The highest BCUT2D eigenvalue weighted by atomic mass is 15.0. The third kappa shape index (κ3) is 7.03. The van der Waals surface area contributed by atoms with E-state index in [0.717, 1.165) is 18.4 Å². The van der Waals surface area contributed by atoms with Gasteiger partial charge in [-0.2, -0.15) is 0 Å². The average molecular weight is 186 g/mol. The minimum atomic E-state index is 0.840. The van der Waals surface area contributed by atoms with Crippen molar-refractivity contribution >= 4 is 0 Å². The summed E-state index contributed by atoms with van der Waals surface area (Å²) in [6.45, 7) is 7.08. The Morgan fingerprint density at radius 1 is 1.08 bits per heavy atom. The molecule has 2 unspecified atom stereocenters. The maximum Gasteiger partial charge on any atom is -0.00222 e. The smallest absolute Gasteiger partial charge is 0.00222 e. The molecule has 0 heterocycles. The van der Waals surface area contributed by atoms with Crippen LogP contribution in [0, 0.1) is 11.8 Å². The van der Waals surface area contributed by atoms with Gasteiger partial charge in [-0.25, -0.2) is 0 Å². The normalized spacial score (nSPS) is 16.2. The van der Waals surface area contributed by atoms with Crippen LogP contribution in [-0.4, -0.2) is 39.1 Å². The summed E-state index contributed by atoms with van der Waals surface area (Å²) < 4.78 is 0. The number of hydrogen-bond acceptors (Lipinski definition) is 2. The second-order valence-electron chi connectivity index (χ2n) is 4.44. The molecule has 0 fully saturated rings. The van der Waals surface area contributed by atoms with Gasteiger partial charge < -0.3 is 10.2 Å². The molecule has 0 aliphatic rings. The quantitative estimate of drug-likeness (QED) is 0.652. The van der Waals surface area contributed by atoms with E-state index in [1.54, 1.807) is 0 Å². The highest BCUT2D eigenvalue weighted by molar-refractivity contribution is 4.64. The van der Waals surface area contributed by atoms with Gasteiger partial charge in [0.15, 0.2) is 0 Å². The van der Waals surface area contributed by atoms with Gasteiger partial charge in [-0.1, -0.05) is 13.8 Å². The fourth-order valence-electron chi connectivity index (χ4n) is 1.40. The second-order valence-corrected chi connectivity index (χ2v) is 4.44. The van der Waals surface area contributed by atoms with Crippen LogP contribution in [0.4, 0.5) is 0 Å². The van der Waals surface area contributed by atoms with Crippen LogP contribution in [0.25, 0.3) is 0 Å². The summed E-state index contributed by atoms with van der Waals surface area (Å²) in [5, 5.41) is 3.21. The second kappa shape index (κ2) is 7.34. The first-order chi connectivity index (χ1) is 6.07. The van der Waals surface area contributed by atoms with Crippen LogP contribution in [0.15, 0.2) is 0 Å². The van der Waals surface area contributed by atoms with E-state index in [4.69, 9.17) is 0 Å². The van der Waals surface area contributed by atoms with E-state index in [1.807, 2.05) is 7.05 Å². The Labute approximate surface area is 83.7 Å². The molecule has 1 N–H and O–H groups in total. The van der Waals surface area contributed by atoms with Gasteiger partial charge in [0.1, 0.15) is 0 Å². The number of nitrogens with one attached hydrogen (secondary N) is 1. The molecule has 13 heavy (non-hydrogen) atoms. The molecule has 2 nitrogen and oxygen atoms in total. The molecule has 0 aromatic rings. The van der Waals surface area contributed by atoms with Gasteiger partial charge in [0.2, 0.25) is 0 Å². The summed E-state index contributed by atoms with van der Waals surface area (Å²) in [7, 11) is 6.31. The van der Waals surface area contributed by atoms with Gasteiger partial charge in [0, 0.05) is 0 Å². The maximum absolute atomic E-state index is 3.21. The average Bonchev–Trinajstić information content (AvgIpc) is 2.10. The van der Waals surface area contributed by atoms with Crippen LogP contribution in [0.2, 0.25) is 0 Å². The van der Waals surface area contributed by atoms with Crippen molar-refractivity contribution in [1.29, 1.82) is 0 Å². The summed E-state index contributed by atoms with van der Waals surface area (Å²) in [5.74, 6) is 1.68. The Morgan fingerprint density at radius 3 is 2.08 bits per heavy atom. The third-order valence-corrected chi connectivity index (χ3v) is 2.85. The Hall–Kier alpha value is -0.0800. The Bertz CT molecular complexity index is 113. The van der Waals surface area contributed by atoms with Crippen molar-refractivity contribution in [1.82, 2.24) is 10.2 Å². The summed E-state index contributed by atoms with van der Waals surface area (Å²) in [6, 6.07) is 0. The Morgan fingerprint density at radius 2 is 1.62 bits per heavy atom. The summed E-state index contributed by atoms with van der Waals surface area (Å²) in [4.78, 5) is 2.27. The van der Waals surface area contributed by atoms with Gasteiger partial charge in [-0.05, 0) is 58.9 Å². The zero-order valence-electron chi connectivity index (χ0n) is 9.93. The molecule has 0 amide bonds. The first-order valence-corrected chi connectivity index (χ1v) is 5.37. The molecule has 0 aromatic heterocycles. The molecule has 0 aromatic carbocycles. The van der Waals surface area contributed by atoms with Gasteiger partial charge in [0.25, 0.3) is 0 Å². The molecule has 0 radical (unpaired) electrons. The number of hydrogen-bond donors (Lipinski definition) is 1. The lowest BCUT2D eigenvalue weighted by atomic mass is 9.90. The summed E-state index contributed by atoms with van der Waals surface area (Å²) in [5.41, 5.74) is 0. The zero-order valence-corrected chi connectivity index (χ0v) is 9.93. The van der Waals surface area contributed by atoms with E-state index in [9.17, 15) is 0 Å². The molecule has 2 atom stereocenters. The molecule has 0 bridgehead atoms. The van der Waals surface area contributed by atoms with Gasteiger partial charge in [-0.15, -0.1) is 0 Å². The first kappa shape index (κ1) is 12.9. The molecule has 0 aliphatic heterocycles. The van der Waals surface area contributed by atoms with E-state index in [0.29, 0.717) is 0 Å². The minimum Gasteiger partial charge on any atom is -0.320 e. The van der Waals surface area contributed by atoms with Crippen LogP contribution >= 0.6 is 0 Å². The minimum absolute atomic E-state index is 0.840. The highest BCUT2D eigenvalue weighted by Crippen LogP contribution is 2.17. The van der Waals surface area contributed by atoms with Crippen LogP contribution < -0.4 is 5.32 Å². The third-order valence-electron chi connectivity index (χ3n) is 2.85. The predicted molar refractivity (Wildman–Crippen MR) is 60.0 cm³/mol. The van der Waals surface area contributed by atoms with Crippen molar-refractivity contribution in [3.8, 4) is 0 Å². The van der Waals surface area contributed by atoms with E-state index in [2.05, 4.69) is 38.2 Å². The van der Waals surface area contributed by atoms with Gasteiger partial charge in [-0.3, -0.25) is 0 Å². The van der Waals surface area contributed by atoms with Crippen LogP contribution in [-0.2, 0) is 0 Å². The lowest BCUT2D eigenvalue weighted by molar-refractivity contribution is 0.292. The lowest BCUT2D eigenvalue weighted by Gasteiger charge is -2.21. The van der Waals surface area contributed by atoms with Crippen molar-refractivity contribution < 1.29 is 0 Å². The fourth-order valence-corrected chi connectivity index (χ4v) is 1.40. The molecule has 0 saturated carbocycles. The predicted octanol–water partition coefficient (Wildman–Crippen LogP) is 1.82. The molecular weight excluding hydrogens is 160 g/mol. The molecule has 80 valence electrons. The monoisotopic (exact) mass is 186 g/mol. The van der Waals surface area contributed by atoms with Crippen LogP contribution in [0.5, 0.6) is 0 Å². The lowest BCUT2D eigenvalue weighted by Crippen LogP contribution is -2.21. The van der Waals surface area contributed by atoms with Gasteiger partial charge >= 0.3 is 0 Å². The van der Waals surface area contributed by atoms with Crippen molar-refractivity contribution in [2.75, 3.05) is 34.2 Å². The number of rotatable bonds is 7. The maximum atomic E-state index is 3.21. The largest absolute Gasteiger partial charge is 0.320 e. The zero-order chi connectivity index (χ0) is 10.3. The van der Waals surface area contributed by atoms with E-state index >= 15 is 0 Å². The van der Waals surface area contributed by atoms with Crippen LogP contribution in [0.1, 0.15) is 26.7 Å². The molecule has 0 saturated heterocycles. The SMILES string of the molecule is CNCCC(C)C(C)CCN(C)C. The van der Waals surface area contributed by atoms with E-state index < -0.39 is 0 Å². The summed E-state index contributed by atoms with van der Waals surface area (Å²) in [6.07, 6.45) is 2.61. The van der Waals surface area contributed by atoms with Crippen molar-refractivity contribution in [2.24, 2.45) is 11.8 Å².